The molecule has 19 heteroatoms. The Morgan fingerprint density at radius 3 is 0.809 bits per heavy atom. The third-order valence-corrected chi connectivity index (χ3v) is 19.7. The summed E-state index contributed by atoms with van der Waals surface area (Å²) in [6, 6.07) is 0. The highest BCUT2D eigenvalue weighted by Crippen LogP contribution is 2.45. The number of aliphatic hydroxyl groups excluding tert-OH is 1. The number of hydrogen-bond acceptors (Lipinski definition) is 15. The van der Waals surface area contributed by atoms with Crippen molar-refractivity contribution in [1.82, 2.24) is 0 Å². The Morgan fingerprint density at radius 2 is 0.543 bits per heavy atom. The van der Waals surface area contributed by atoms with Crippen molar-refractivity contribution in [3.05, 3.63) is 0 Å². The number of hydrogen-bond donors (Lipinski definition) is 3. The monoisotopic (exact) mass is 1380 g/mol. The van der Waals surface area contributed by atoms with E-state index in [0.717, 1.165) is 108 Å². The summed E-state index contributed by atoms with van der Waals surface area (Å²) in [5.74, 6) is -0.544. The summed E-state index contributed by atoms with van der Waals surface area (Å²) < 4.78 is 68.4. The fourth-order valence-corrected chi connectivity index (χ4v) is 13.0. The zero-order valence-corrected chi connectivity index (χ0v) is 63.1. The second-order valence-corrected chi connectivity index (χ2v) is 30.7. The van der Waals surface area contributed by atoms with Gasteiger partial charge in [-0.05, 0) is 37.5 Å². The zero-order chi connectivity index (χ0) is 69.3. The van der Waals surface area contributed by atoms with Gasteiger partial charge < -0.3 is 33.8 Å². The van der Waals surface area contributed by atoms with E-state index in [-0.39, 0.29) is 25.7 Å². The summed E-state index contributed by atoms with van der Waals surface area (Å²) in [4.78, 5) is 72.7. The number of phosphoric ester groups is 2. The quantitative estimate of drug-likeness (QED) is 0.0222. The highest BCUT2D eigenvalue weighted by molar-refractivity contribution is 7.47. The summed E-state index contributed by atoms with van der Waals surface area (Å²) in [5, 5.41) is 10.6. The van der Waals surface area contributed by atoms with Gasteiger partial charge in [-0.3, -0.25) is 37.3 Å². The van der Waals surface area contributed by atoms with Crippen molar-refractivity contribution < 1.29 is 80.2 Å². The summed E-state index contributed by atoms with van der Waals surface area (Å²) in [5.41, 5.74) is 0. The first kappa shape index (κ1) is 92.1. The highest BCUT2D eigenvalue weighted by Gasteiger charge is 2.30. The lowest BCUT2D eigenvalue weighted by Crippen LogP contribution is -2.30. The maximum Gasteiger partial charge on any atom is 0.472 e. The molecular weight excluding hydrogens is 1230 g/mol. The lowest BCUT2D eigenvalue weighted by Gasteiger charge is -2.21. The first-order chi connectivity index (χ1) is 45.4. The van der Waals surface area contributed by atoms with E-state index in [0.29, 0.717) is 25.7 Å². The van der Waals surface area contributed by atoms with E-state index in [4.69, 9.17) is 37.0 Å². The molecule has 0 saturated carbocycles. The molecule has 0 aliphatic rings. The maximum atomic E-state index is 13.1. The van der Waals surface area contributed by atoms with Crippen LogP contribution < -0.4 is 0 Å². The first-order valence-electron chi connectivity index (χ1n) is 39.0. The Kier molecular flexibility index (Phi) is 65.5. The van der Waals surface area contributed by atoms with Gasteiger partial charge in [0.25, 0.3) is 0 Å². The first-order valence-corrected chi connectivity index (χ1v) is 42.0. The van der Waals surface area contributed by atoms with E-state index in [2.05, 4.69) is 41.5 Å². The second-order valence-electron chi connectivity index (χ2n) is 27.8. The standard InChI is InChI=1S/C75H146O17P2/c1-7-10-12-14-16-18-19-20-21-22-23-24-25-28-35-41-47-53-59-74(79)92-71(64-86-73(78)58-52-46-40-34-29-26-27-32-37-43-49-55-67(4)5)66-90-94(83,84)88-62-69(76)61-87-93(81,82)89-65-70(63-85-72(77)57-51-45-39-17-15-13-11-8-2)91-75(80)60-54-48-42-36-31-30-33-38-44-50-56-68(6)9-3/h67-71,76H,7-66H2,1-6H3,(H,81,82)(H,83,84)/t68?,69-,70+,71+/m0/s1. The van der Waals surface area contributed by atoms with Gasteiger partial charge in [0.05, 0.1) is 26.4 Å². The van der Waals surface area contributed by atoms with Gasteiger partial charge in [0.1, 0.15) is 19.3 Å². The van der Waals surface area contributed by atoms with Crippen molar-refractivity contribution in [2.75, 3.05) is 39.6 Å². The van der Waals surface area contributed by atoms with Gasteiger partial charge in [-0.15, -0.1) is 0 Å². The molecule has 0 saturated heterocycles. The molecular formula is C75H146O17P2. The van der Waals surface area contributed by atoms with Crippen LogP contribution in [0.1, 0.15) is 388 Å². The van der Waals surface area contributed by atoms with Crippen molar-refractivity contribution >= 4 is 39.5 Å². The van der Waals surface area contributed by atoms with Crippen LogP contribution in [0.2, 0.25) is 0 Å². The fourth-order valence-electron chi connectivity index (χ4n) is 11.4. The predicted molar refractivity (Wildman–Crippen MR) is 381 cm³/mol. The number of rotatable bonds is 74. The second kappa shape index (κ2) is 66.9. The van der Waals surface area contributed by atoms with Crippen molar-refractivity contribution in [3.63, 3.8) is 0 Å². The normalized spacial score (nSPS) is 14.3. The summed E-state index contributed by atoms with van der Waals surface area (Å²) in [7, 11) is -9.91. The molecule has 0 aliphatic carbocycles. The van der Waals surface area contributed by atoms with Crippen molar-refractivity contribution in [2.24, 2.45) is 11.8 Å². The van der Waals surface area contributed by atoms with Gasteiger partial charge in [0, 0.05) is 25.7 Å². The lowest BCUT2D eigenvalue weighted by atomic mass is 9.99. The molecule has 3 unspecified atom stereocenters. The van der Waals surface area contributed by atoms with Crippen LogP contribution in [0.3, 0.4) is 0 Å². The third-order valence-electron chi connectivity index (χ3n) is 17.8. The molecule has 3 N–H and O–H groups in total. The van der Waals surface area contributed by atoms with Crippen LogP contribution in [-0.2, 0) is 65.4 Å². The molecule has 0 rings (SSSR count). The minimum Gasteiger partial charge on any atom is -0.462 e. The number of carbonyl (C=O) groups is 4. The molecule has 0 spiro atoms. The van der Waals surface area contributed by atoms with Crippen LogP contribution in [0.15, 0.2) is 0 Å². The van der Waals surface area contributed by atoms with Crippen LogP contribution in [0.5, 0.6) is 0 Å². The SMILES string of the molecule is CCCCCCCCCCCCCCCCCCCCC(=O)O[C@H](COC(=O)CCCCCCCCCCCCCC(C)C)COP(=O)(O)OC[C@@H](O)COP(=O)(O)OC[C@@H](COC(=O)CCCCCCCCCC)OC(=O)CCCCCCCCCCCCC(C)CC. The Balaban J connectivity index is 5.22. The Hall–Kier alpha value is -1.94. The number of ether oxygens (including phenoxy) is 4. The van der Waals surface area contributed by atoms with Crippen LogP contribution in [0.4, 0.5) is 0 Å². The Labute approximate surface area is 575 Å². The molecule has 0 aromatic heterocycles. The maximum absolute atomic E-state index is 13.1. The van der Waals surface area contributed by atoms with Crippen molar-refractivity contribution in [2.45, 2.75) is 407 Å². The average molecular weight is 1380 g/mol. The molecule has 0 aromatic rings. The summed E-state index contributed by atoms with van der Waals surface area (Å²) in [6.07, 6.45) is 54.1. The molecule has 0 radical (unpaired) electrons. The molecule has 558 valence electrons. The molecule has 0 amide bonds. The Morgan fingerprint density at radius 1 is 0.309 bits per heavy atom. The van der Waals surface area contributed by atoms with Gasteiger partial charge >= 0.3 is 39.5 Å². The molecule has 94 heavy (non-hydrogen) atoms. The third kappa shape index (κ3) is 67.3. The topological polar surface area (TPSA) is 237 Å². The van der Waals surface area contributed by atoms with E-state index < -0.39 is 97.5 Å². The predicted octanol–water partition coefficient (Wildman–Crippen LogP) is 21.9. The fraction of sp³-hybridized carbons (Fsp3) is 0.947. The largest absolute Gasteiger partial charge is 0.472 e. The molecule has 0 aliphatic heterocycles. The summed E-state index contributed by atoms with van der Waals surface area (Å²) >= 11 is 0. The molecule has 0 bridgehead atoms. The lowest BCUT2D eigenvalue weighted by molar-refractivity contribution is -0.161. The average Bonchev–Trinajstić information content (AvgIpc) is 1.23. The highest BCUT2D eigenvalue weighted by atomic mass is 31.2. The minimum atomic E-state index is -4.96. The van der Waals surface area contributed by atoms with Gasteiger partial charge in [0.2, 0.25) is 0 Å². The van der Waals surface area contributed by atoms with Crippen molar-refractivity contribution in [1.29, 1.82) is 0 Å². The molecule has 6 atom stereocenters. The van der Waals surface area contributed by atoms with Crippen LogP contribution >= 0.6 is 15.6 Å². The van der Waals surface area contributed by atoms with Gasteiger partial charge in [-0.25, -0.2) is 9.13 Å². The van der Waals surface area contributed by atoms with E-state index in [9.17, 15) is 43.2 Å². The van der Waals surface area contributed by atoms with E-state index >= 15 is 0 Å². The van der Waals surface area contributed by atoms with Gasteiger partial charge in [0.15, 0.2) is 12.2 Å². The van der Waals surface area contributed by atoms with Crippen LogP contribution in [0, 0.1) is 11.8 Å². The molecule has 0 heterocycles. The number of esters is 4. The van der Waals surface area contributed by atoms with Crippen molar-refractivity contribution in [3.8, 4) is 0 Å². The van der Waals surface area contributed by atoms with Crippen LogP contribution in [0.25, 0.3) is 0 Å². The smallest absolute Gasteiger partial charge is 0.462 e. The summed E-state index contributed by atoms with van der Waals surface area (Å²) in [6.45, 7) is 9.59. The van der Waals surface area contributed by atoms with Gasteiger partial charge in [-0.2, -0.15) is 0 Å². The van der Waals surface area contributed by atoms with Gasteiger partial charge in [-0.1, -0.05) is 337 Å². The van der Waals surface area contributed by atoms with E-state index in [1.807, 2.05) is 0 Å². The number of unbranched alkanes of at least 4 members (excludes halogenated alkanes) is 43. The molecule has 0 fully saturated rings. The van der Waals surface area contributed by atoms with E-state index in [1.165, 1.54) is 199 Å². The van der Waals surface area contributed by atoms with Crippen LogP contribution in [-0.4, -0.2) is 96.7 Å². The number of carbonyl (C=O) groups excluding carboxylic acids is 4. The molecule has 0 aromatic carbocycles. The molecule has 17 nitrogen and oxygen atoms in total. The number of aliphatic hydroxyl groups is 1. The zero-order valence-electron chi connectivity index (χ0n) is 61.3. The minimum absolute atomic E-state index is 0.106. The Bertz CT molecular complexity index is 1820. The number of phosphoric acid groups is 2. The van der Waals surface area contributed by atoms with E-state index in [1.54, 1.807) is 0 Å².